The van der Waals surface area contributed by atoms with Crippen LogP contribution >= 0.6 is 0 Å². The number of anilines is 2. The predicted molar refractivity (Wildman–Crippen MR) is 133 cm³/mol. The zero-order chi connectivity index (χ0) is 22.6. The van der Waals surface area contributed by atoms with Crippen molar-refractivity contribution in [3.63, 3.8) is 0 Å². The Hall–Kier alpha value is -3.70. The molecule has 0 atom stereocenters. The second kappa shape index (κ2) is 7.42. The van der Waals surface area contributed by atoms with E-state index in [-0.39, 0.29) is 11.3 Å². The zero-order valence-electron chi connectivity index (χ0n) is 18.9. The molecule has 6 rings (SSSR count). The Labute approximate surface area is 193 Å². The molecule has 4 aromatic rings. The van der Waals surface area contributed by atoms with Gasteiger partial charge in [-0.15, -0.1) is 0 Å². The molecule has 1 amide bonds. The average molecular weight is 435 g/mol. The summed E-state index contributed by atoms with van der Waals surface area (Å²) in [5, 5.41) is 8.71. The summed E-state index contributed by atoms with van der Waals surface area (Å²) in [5.74, 6) is 0.195. The Kier molecular flexibility index (Phi) is 4.49. The minimum atomic E-state index is -0.296. The van der Waals surface area contributed by atoms with Gasteiger partial charge in [0, 0.05) is 11.9 Å². The molecule has 1 aliphatic carbocycles. The van der Waals surface area contributed by atoms with Crippen molar-refractivity contribution in [2.45, 2.75) is 24.8 Å². The standard InChI is InChI=1S/C28H26N4O/c1-31(2)18-20-9-7-19(8-10-20)11-14-24-22-13-12-21(17-25(22)30-29-24)32-26-6-4-3-5-23(26)28(15-16-28)27(32)33/h3-14,17H,15-16,18H2,1-2H3,(H,29,30). The van der Waals surface area contributed by atoms with Gasteiger partial charge >= 0.3 is 0 Å². The molecular weight excluding hydrogens is 408 g/mol. The molecule has 0 radical (unpaired) electrons. The number of amides is 1. The van der Waals surface area contributed by atoms with Crippen molar-refractivity contribution in [2.24, 2.45) is 0 Å². The monoisotopic (exact) mass is 434 g/mol. The summed E-state index contributed by atoms with van der Waals surface area (Å²) in [5.41, 5.74) is 7.02. The fourth-order valence-corrected chi connectivity index (χ4v) is 4.95. The molecular formula is C28H26N4O. The van der Waals surface area contributed by atoms with Gasteiger partial charge in [-0.05, 0) is 74.0 Å². The highest BCUT2D eigenvalue weighted by molar-refractivity contribution is 6.15. The van der Waals surface area contributed by atoms with E-state index in [2.05, 4.69) is 77.7 Å². The first-order valence-corrected chi connectivity index (χ1v) is 11.4. The lowest BCUT2D eigenvalue weighted by Gasteiger charge is -2.18. The minimum absolute atomic E-state index is 0.195. The molecule has 5 nitrogen and oxygen atoms in total. The van der Waals surface area contributed by atoms with Crippen LogP contribution in [0.2, 0.25) is 0 Å². The van der Waals surface area contributed by atoms with Gasteiger partial charge in [0.25, 0.3) is 0 Å². The van der Waals surface area contributed by atoms with E-state index in [9.17, 15) is 4.79 Å². The van der Waals surface area contributed by atoms with Crippen molar-refractivity contribution in [3.05, 3.63) is 89.1 Å². The molecule has 0 bridgehead atoms. The third-order valence-corrected chi connectivity index (χ3v) is 6.77. The Bertz CT molecular complexity index is 1390. The van der Waals surface area contributed by atoms with Gasteiger partial charge in [0.05, 0.1) is 28.0 Å². The second-order valence-electron chi connectivity index (χ2n) is 9.39. The number of nitrogens with one attached hydrogen (secondary N) is 1. The van der Waals surface area contributed by atoms with E-state index in [4.69, 9.17) is 0 Å². The van der Waals surface area contributed by atoms with Crippen LogP contribution in [-0.4, -0.2) is 35.1 Å². The molecule has 2 aliphatic rings. The Morgan fingerprint density at radius 3 is 2.58 bits per heavy atom. The highest BCUT2D eigenvalue weighted by Crippen LogP contribution is 2.58. The van der Waals surface area contributed by atoms with E-state index in [1.807, 2.05) is 35.2 Å². The van der Waals surface area contributed by atoms with E-state index in [0.717, 1.165) is 52.9 Å². The van der Waals surface area contributed by atoms with E-state index < -0.39 is 0 Å². The summed E-state index contributed by atoms with van der Waals surface area (Å²) in [4.78, 5) is 17.4. The Morgan fingerprint density at radius 2 is 1.82 bits per heavy atom. The number of aromatic nitrogens is 2. The molecule has 1 N–H and O–H groups in total. The number of benzene rings is 3. The van der Waals surface area contributed by atoms with Crippen LogP contribution in [0.25, 0.3) is 23.1 Å². The topological polar surface area (TPSA) is 52.2 Å². The quantitative estimate of drug-likeness (QED) is 0.451. The molecule has 1 aromatic heterocycles. The van der Waals surface area contributed by atoms with Crippen molar-refractivity contribution in [3.8, 4) is 0 Å². The summed E-state index contributed by atoms with van der Waals surface area (Å²) < 4.78 is 0. The van der Waals surface area contributed by atoms with Gasteiger partial charge < -0.3 is 4.90 Å². The minimum Gasteiger partial charge on any atom is -0.305 e. The molecule has 2 heterocycles. The maximum absolute atomic E-state index is 13.3. The van der Waals surface area contributed by atoms with Gasteiger partial charge in [0.1, 0.15) is 0 Å². The first kappa shape index (κ1) is 19.9. The van der Waals surface area contributed by atoms with Gasteiger partial charge in [-0.2, -0.15) is 5.10 Å². The molecule has 1 spiro atoms. The summed E-state index contributed by atoms with van der Waals surface area (Å²) >= 11 is 0. The van der Waals surface area contributed by atoms with Crippen molar-refractivity contribution in [1.29, 1.82) is 0 Å². The van der Waals surface area contributed by atoms with Gasteiger partial charge in [-0.1, -0.05) is 48.5 Å². The summed E-state index contributed by atoms with van der Waals surface area (Å²) in [7, 11) is 4.15. The van der Waals surface area contributed by atoms with Gasteiger partial charge in [-0.3, -0.25) is 14.8 Å². The molecule has 3 aromatic carbocycles. The van der Waals surface area contributed by atoms with Crippen molar-refractivity contribution in [1.82, 2.24) is 15.1 Å². The van der Waals surface area contributed by atoms with Crippen LogP contribution in [0.3, 0.4) is 0 Å². The average Bonchev–Trinajstić information content (AvgIpc) is 3.47. The van der Waals surface area contributed by atoms with E-state index in [1.54, 1.807) is 0 Å². The number of nitrogens with zero attached hydrogens (tertiary/aromatic N) is 3. The van der Waals surface area contributed by atoms with Crippen molar-refractivity contribution >= 4 is 40.3 Å². The van der Waals surface area contributed by atoms with Crippen molar-refractivity contribution < 1.29 is 4.79 Å². The predicted octanol–water partition coefficient (Wildman–Crippen LogP) is 5.50. The largest absolute Gasteiger partial charge is 0.305 e. The molecule has 33 heavy (non-hydrogen) atoms. The van der Waals surface area contributed by atoms with Gasteiger partial charge in [0.15, 0.2) is 0 Å². The normalized spacial score (nSPS) is 16.5. The number of para-hydroxylation sites is 1. The molecule has 5 heteroatoms. The maximum Gasteiger partial charge on any atom is 0.242 e. The van der Waals surface area contributed by atoms with E-state index >= 15 is 0 Å². The van der Waals surface area contributed by atoms with Gasteiger partial charge in [-0.25, -0.2) is 0 Å². The lowest BCUT2D eigenvalue weighted by atomic mass is 9.98. The highest BCUT2D eigenvalue weighted by Gasteiger charge is 2.59. The number of fused-ring (bicyclic) bond motifs is 3. The molecule has 0 saturated heterocycles. The van der Waals surface area contributed by atoms with Crippen molar-refractivity contribution in [2.75, 3.05) is 19.0 Å². The molecule has 0 unspecified atom stereocenters. The fourth-order valence-electron chi connectivity index (χ4n) is 4.95. The highest BCUT2D eigenvalue weighted by atomic mass is 16.2. The number of carbonyl (C=O) groups is 1. The molecule has 1 fully saturated rings. The molecule has 164 valence electrons. The molecule has 1 aliphatic heterocycles. The number of hydrogen-bond acceptors (Lipinski definition) is 3. The van der Waals surface area contributed by atoms with Crippen LogP contribution in [0.4, 0.5) is 11.4 Å². The first-order chi connectivity index (χ1) is 16.0. The lowest BCUT2D eigenvalue weighted by molar-refractivity contribution is -0.119. The zero-order valence-corrected chi connectivity index (χ0v) is 18.9. The lowest BCUT2D eigenvalue weighted by Crippen LogP contribution is -2.27. The summed E-state index contributed by atoms with van der Waals surface area (Å²) in [6, 6.07) is 22.9. The Morgan fingerprint density at radius 1 is 1.03 bits per heavy atom. The summed E-state index contributed by atoms with van der Waals surface area (Å²) in [6.07, 6.45) is 6.00. The SMILES string of the molecule is CN(C)Cc1ccc(C=Cc2n[nH]c3cc(N4C(=O)C5(CC5)c5ccccc54)ccc23)cc1. The number of aromatic amines is 1. The second-order valence-corrected chi connectivity index (χ2v) is 9.39. The maximum atomic E-state index is 13.3. The smallest absolute Gasteiger partial charge is 0.242 e. The number of hydrogen-bond donors (Lipinski definition) is 1. The van der Waals surface area contributed by atoms with Crippen LogP contribution in [0.1, 0.15) is 35.2 Å². The van der Waals surface area contributed by atoms with Crippen LogP contribution in [0, 0.1) is 0 Å². The van der Waals surface area contributed by atoms with Crippen LogP contribution in [0.15, 0.2) is 66.7 Å². The number of carbonyl (C=O) groups excluding carboxylic acids is 1. The third kappa shape index (κ3) is 3.28. The van der Waals surface area contributed by atoms with E-state index in [0.29, 0.717) is 0 Å². The summed E-state index contributed by atoms with van der Waals surface area (Å²) in [6.45, 7) is 0.932. The number of rotatable bonds is 5. The first-order valence-electron chi connectivity index (χ1n) is 11.4. The fraction of sp³-hybridized carbons (Fsp3) is 0.214. The van der Waals surface area contributed by atoms with E-state index in [1.165, 1.54) is 11.1 Å². The number of H-pyrrole nitrogens is 1. The van der Waals surface area contributed by atoms with Crippen LogP contribution in [-0.2, 0) is 16.8 Å². The van der Waals surface area contributed by atoms with Crippen LogP contribution in [0.5, 0.6) is 0 Å². The third-order valence-electron chi connectivity index (χ3n) is 6.77. The van der Waals surface area contributed by atoms with Gasteiger partial charge in [0.2, 0.25) is 5.91 Å². The Balaban J connectivity index is 1.28. The molecule has 1 saturated carbocycles. The van der Waals surface area contributed by atoms with Crippen LogP contribution < -0.4 is 4.90 Å².